The SMILES string of the molecule is COc1ncc(C2=NOC3CC(CO)CC23)cc1C(=O)N[C@H]1[C@@H](C(=O)Nc2ccc(F)c(C(F)(F)F)c2)[C@H]2CC[C@@H]1/C2=C\C1CC1. The van der Waals surface area contributed by atoms with Gasteiger partial charge in [-0.3, -0.25) is 9.59 Å². The van der Waals surface area contributed by atoms with E-state index in [0.717, 1.165) is 30.9 Å². The van der Waals surface area contributed by atoms with Crippen LogP contribution in [0.4, 0.5) is 23.2 Å². The third-order valence-corrected chi connectivity index (χ3v) is 10.2. The van der Waals surface area contributed by atoms with Gasteiger partial charge in [0.2, 0.25) is 11.8 Å². The normalized spacial score (nSPS) is 30.6. The van der Waals surface area contributed by atoms with Crippen LogP contribution in [0, 0.1) is 41.3 Å². The number of aliphatic hydroxyl groups is 1. The number of carbonyl (C=O) groups is 2. The quantitative estimate of drug-likeness (QED) is 0.272. The molecule has 7 atom stereocenters. The van der Waals surface area contributed by atoms with E-state index < -0.39 is 41.3 Å². The van der Waals surface area contributed by atoms with Gasteiger partial charge in [-0.2, -0.15) is 13.2 Å². The van der Waals surface area contributed by atoms with Gasteiger partial charge in [0, 0.05) is 41.9 Å². The van der Waals surface area contributed by atoms with Crippen molar-refractivity contribution in [1.82, 2.24) is 10.3 Å². The van der Waals surface area contributed by atoms with Crippen molar-refractivity contribution >= 4 is 23.2 Å². The number of methoxy groups -OCH3 is 1. The zero-order valence-corrected chi connectivity index (χ0v) is 25.0. The van der Waals surface area contributed by atoms with Crippen molar-refractivity contribution in [2.75, 3.05) is 19.0 Å². The van der Waals surface area contributed by atoms with Crippen LogP contribution in [0.1, 0.15) is 60.0 Å². The molecule has 0 saturated heterocycles. The van der Waals surface area contributed by atoms with Gasteiger partial charge in [-0.1, -0.05) is 16.8 Å². The van der Waals surface area contributed by atoms with Crippen molar-refractivity contribution < 1.29 is 41.8 Å². The summed E-state index contributed by atoms with van der Waals surface area (Å²) in [4.78, 5) is 37.7. The second kappa shape index (κ2) is 11.7. The lowest BCUT2D eigenvalue weighted by molar-refractivity contribution is -0.140. The number of halogens is 4. The molecule has 2 aromatic rings. The third kappa shape index (κ3) is 5.52. The van der Waals surface area contributed by atoms with Crippen LogP contribution < -0.4 is 15.4 Å². The third-order valence-electron chi connectivity index (χ3n) is 10.2. The molecule has 13 heteroatoms. The van der Waals surface area contributed by atoms with E-state index >= 15 is 0 Å². The van der Waals surface area contributed by atoms with Crippen LogP contribution in [0.2, 0.25) is 0 Å². The molecule has 2 amide bonds. The minimum atomic E-state index is -4.93. The van der Waals surface area contributed by atoms with E-state index in [1.54, 1.807) is 12.3 Å². The number of fused-ring (bicyclic) bond motifs is 3. The zero-order chi connectivity index (χ0) is 32.3. The van der Waals surface area contributed by atoms with Gasteiger partial charge in [-0.15, -0.1) is 0 Å². The predicted molar refractivity (Wildman–Crippen MR) is 157 cm³/mol. The lowest BCUT2D eigenvalue weighted by atomic mass is 9.83. The largest absolute Gasteiger partial charge is 0.480 e. The molecule has 2 heterocycles. The van der Waals surface area contributed by atoms with Gasteiger partial charge in [-0.05, 0) is 80.5 Å². The molecule has 4 saturated carbocycles. The Balaban J connectivity index is 1.16. The summed E-state index contributed by atoms with van der Waals surface area (Å²) in [5, 5.41) is 19.5. The minimum Gasteiger partial charge on any atom is -0.480 e. The average Bonchev–Trinajstić information content (AvgIpc) is 3.30. The number of oxime groups is 1. The number of nitrogens with zero attached hydrogens (tertiary/aromatic N) is 2. The summed E-state index contributed by atoms with van der Waals surface area (Å²) >= 11 is 0. The first-order valence-corrected chi connectivity index (χ1v) is 15.6. The fourth-order valence-electron chi connectivity index (χ4n) is 7.86. The maximum Gasteiger partial charge on any atom is 0.419 e. The van der Waals surface area contributed by atoms with Crippen LogP contribution in [0.25, 0.3) is 0 Å². The number of rotatable bonds is 8. The molecule has 4 fully saturated rings. The molecule has 244 valence electrons. The molecule has 5 aliphatic rings. The first kappa shape index (κ1) is 30.6. The Kier molecular flexibility index (Phi) is 7.77. The lowest BCUT2D eigenvalue weighted by Gasteiger charge is -2.30. The fraction of sp³-hybridized carbons (Fsp3) is 0.515. The Morgan fingerprint density at radius 3 is 2.61 bits per heavy atom. The number of aromatic nitrogens is 1. The van der Waals surface area contributed by atoms with Gasteiger partial charge in [0.05, 0.1) is 24.3 Å². The summed E-state index contributed by atoms with van der Waals surface area (Å²) in [5.74, 6) is -2.97. The molecular weight excluding hydrogens is 608 g/mol. The number of allylic oxidation sites excluding steroid dienone is 1. The van der Waals surface area contributed by atoms with Crippen molar-refractivity contribution in [3.05, 3.63) is 64.6 Å². The van der Waals surface area contributed by atoms with E-state index in [9.17, 15) is 32.3 Å². The molecule has 1 aliphatic heterocycles. The van der Waals surface area contributed by atoms with Crippen molar-refractivity contribution in [1.29, 1.82) is 0 Å². The smallest absolute Gasteiger partial charge is 0.419 e. The van der Waals surface area contributed by atoms with Gasteiger partial charge in [0.25, 0.3) is 5.91 Å². The molecule has 1 aromatic carbocycles. The van der Waals surface area contributed by atoms with Crippen molar-refractivity contribution in [3.63, 3.8) is 0 Å². The highest BCUT2D eigenvalue weighted by atomic mass is 19.4. The molecular formula is C33H34F4N4O5. The highest BCUT2D eigenvalue weighted by molar-refractivity contribution is 6.06. The van der Waals surface area contributed by atoms with Gasteiger partial charge in [0.15, 0.2) is 0 Å². The molecule has 1 aromatic heterocycles. The first-order chi connectivity index (χ1) is 22.0. The number of hydrogen-bond acceptors (Lipinski definition) is 7. The Morgan fingerprint density at radius 1 is 1.11 bits per heavy atom. The van der Waals surface area contributed by atoms with E-state index in [4.69, 9.17) is 9.57 Å². The summed E-state index contributed by atoms with van der Waals surface area (Å²) in [6, 6.07) is 3.37. The number of carbonyl (C=O) groups excluding carboxylic acids is 2. The van der Waals surface area contributed by atoms with E-state index in [1.807, 2.05) is 0 Å². The van der Waals surface area contributed by atoms with Crippen molar-refractivity contribution in [2.45, 2.75) is 56.8 Å². The van der Waals surface area contributed by atoms with Gasteiger partial charge >= 0.3 is 6.18 Å². The van der Waals surface area contributed by atoms with Gasteiger partial charge in [-0.25, -0.2) is 9.37 Å². The highest BCUT2D eigenvalue weighted by Gasteiger charge is 2.55. The Morgan fingerprint density at radius 2 is 1.89 bits per heavy atom. The molecule has 46 heavy (non-hydrogen) atoms. The highest BCUT2D eigenvalue weighted by Crippen LogP contribution is 2.54. The Hall–Kier alpha value is -4.00. The van der Waals surface area contributed by atoms with Crippen LogP contribution in [0.5, 0.6) is 5.88 Å². The summed E-state index contributed by atoms with van der Waals surface area (Å²) in [6.45, 7) is 0.0539. The number of ether oxygens (including phenoxy) is 1. The number of anilines is 1. The summed E-state index contributed by atoms with van der Waals surface area (Å²) in [7, 11) is 1.40. The number of aliphatic hydroxyl groups excluding tert-OH is 1. The topological polar surface area (TPSA) is 122 Å². The van der Waals surface area contributed by atoms with Gasteiger partial charge in [0.1, 0.15) is 17.5 Å². The first-order valence-electron chi connectivity index (χ1n) is 15.6. The monoisotopic (exact) mass is 642 g/mol. The van der Waals surface area contributed by atoms with E-state index in [-0.39, 0.29) is 53.5 Å². The Labute approximate surface area is 262 Å². The molecule has 7 rings (SSSR count). The maximum absolute atomic E-state index is 14.0. The number of hydrogen-bond donors (Lipinski definition) is 3. The van der Waals surface area contributed by atoms with Crippen LogP contribution in [-0.4, -0.2) is 53.5 Å². The lowest BCUT2D eigenvalue weighted by Crippen LogP contribution is -2.48. The molecule has 4 aliphatic carbocycles. The van der Waals surface area contributed by atoms with E-state index in [0.29, 0.717) is 48.6 Å². The summed E-state index contributed by atoms with van der Waals surface area (Å²) in [5.41, 5.74) is 0.840. The van der Waals surface area contributed by atoms with E-state index in [1.165, 1.54) is 7.11 Å². The maximum atomic E-state index is 14.0. The molecule has 0 radical (unpaired) electrons. The van der Waals surface area contributed by atoms with Crippen LogP contribution >= 0.6 is 0 Å². The number of pyridine rings is 1. The van der Waals surface area contributed by atoms with Gasteiger partial charge < -0.3 is 25.3 Å². The molecule has 3 N–H and O–H groups in total. The summed E-state index contributed by atoms with van der Waals surface area (Å²) in [6.07, 6.45) is 3.65. The number of amides is 2. The average molecular weight is 643 g/mol. The van der Waals surface area contributed by atoms with Crippen molar-refractivity contribution in [2.24, 2.45) is 40.7 Å². The van der Waals surface area contributed by atoms with Crippen LogP contribution in [0.15, 0.2) is 47.3 Å². The molecule has 0 spiro atoms. The second-order valence-electron chi connectivity index (χ2n) is 13.0. The fourth-order valence-corrected chi connectivity index (χ4v) is 7.86. The second-order valence-corrected chi connectivity index (χ2v) is 13.0. The van der Waals surface area contributed by atoms with Crippen LogP contribution in [-0.2, 0) is 15.8 Å². The number of nitrogens with one attached hydrogen (secondary N) is 2. The Bertz CT molecular complexity index is 1620. The number of alkyl halides is 3. The minimum absolute atomic E-state index is 0.0404. The predicted octanol–water partition coefficient (Wildman–Crippen LogP) is 5.10. The van der Waals surface area contributed by atoms with Crippen LogP contribution in [0.3, 0.4) is 0 Å². The molecule has 2 bridgehead atoms. The standard InChI is InChI=1S/C33H34F4N4O5/c1-45-32-23(11-17(13-38-32)28-22-9-16(14-42)10-26(22)46-41-28)30(43)40-29-20-6-5-19(21(20)8-15-2-3-15)27(29)31(44)39-18-4-7-25(34)24(12-18)33(35,36)37/h4,7-8,11-13,15-16,19-20,22,26-27,29,42H,2-3,5-6,9-10,14H2,1H3,(H,39,44)(H,40,43)/b21-8-/t16?,19-,20+,22?,26?,27-,29+/m0/s1. The molecule has 9 nitrogen and oxygen atoms in total. The summed E-state index contributed by atoms with van der Waals surface area (Å²) < 4.78 is 59.5. The molecule has 3 unspecified atom stereocenters. The number of benzene rings is 1. The van der Waals surface area contributed by atoms with E-state index in [2.05, 4.69) is 26.8 Å². The van der Waals surface area contributed by atoms with Crippen molar-refractivity contribution in [3.8, 4) is 5.88 Å². The zero-order valence-electron chi connectivity index (χ0n) is 25.0.